The Hall–Kier alpha value is -1.26. The summed E-state index contributed by atoms with van der Waals surface area (Å²) in [6.45, 7) is 6.52. The number of nitrogens with one attached hydrogen (secondary N) is 1. The third-order valence-corrected chi connectivity index (χ3v) is 3.90. The van der Waals surface area contributed by atoms with E-state index < -0.39 is 0 Å². The van der Waals surface area contributed by atoms with Gasteiger partial charge in [-0.15, -0.1) is 12.4 Å². The van der Waals surface area contributed by atoms with Crippen LogP contribution in [0, 0.1) is 0 Å². The molecule has 5 heteroatoms. The number of para-hydroxylation sites is 1. The summed E-state index contributed by atoms with van der Waals surface area (Å²) in [6.07, 6.45) is 1.32. The van der Waals surface area contributed by atoms with Crippen LogP contribution < -0.4 is 10.1 Å². The molecule has 2 unspecified atom stereocenters. The first-order chi connectivity index (χ1) is 9.68. The van der Waals surface area contributed by atoms with E-state index in [2.05, 4.69) is 19.2 Å². The molecule has 1 amide bonds. The lowest BCUT2D eigenvalue weighted by Gasteiger charge is -2.38. The predicted octanol–water partition coefficient (Wildman–Crippen LogP) is 2.48. The Balaban J connectivity index is 0.00000220. The molecule has 1 saturated heterocycles. The molecule has 0 radical (unpaired) electrons. The maximum Gasteiger partial charge on any atom is 0.223 e. The Morgan fingerprint density at radius 1 is 1.33 bits per heavy atom. The number of rotatable bonds is 5. The van der Waals surface area contributed by atoms with Crippen molar-refractivity contribution in [1.29, 1.82) is 0 Å². The summed E-state index contributed by atoms with van der Waals surface area (Å²) in [6, 6.07) is 10.4. The largest absolute Gasteiger partial charge is 0.494 e. The Morgan fingerprint density at radius 3 is 2.76 bits per heavy atom. The molecule has 0 aliphatic carbocycles. The maximum absolute atomic E-state index is 12.2. The number of hydrogen-bond donors (Lipinski definition) is 1. The van der Waals surface area contributed by atoms with Gasteiger partial charge >= 0.3 is 0 Å². The topological polar surface area (TPSA) is 41.6 Å². The normalized spacial score (nSPS) is 21.5. The first-order valence-corrected chi connectivity index (χ1v) is 7.39. The minimum atomic E-state index is 0. The van der Waals surface area contributed by atoms with Gasteiger partial charge in [0.15, 0.2) is 0 Å². The molecule has 1 aromatic carbocycles. The maximum atomic E-state index is 12.2. The van der Waals surface area contributed by atoms with Gasteiger partial charge in [0.1, 0.15) is 5.75 Å². The van der Waals surface area contributed by atoms with Crippen LogP contribution in [-0.2, 0) is 4.79 Å². The van der Waals surface area contributed by atoms with Gasteiger partial charge in [0, 0.05) is 31.6 Å². The molecule has 118 valence electrons. The Kier molecular flexibility index (Phi) is 7.54. The standard InChI is InChI=1S/C16H24N2O2.ClH/c1-13-14(2)18(11-10-17-13)16(19)9-6-12-20-15-7-4-3-5-8-15;/h3-5,7-8,13-14,17H,6,9-12H2,1-2H3;1H. The summed E-state index contributed by atoms with van der Waals surface area (Å²) in [5.41, 5.74) is 0. The van der Waals surface area contributed by atoms with Crippen LogP contribution in [0.3, 0.4) is 0 Å². The van der Waals surface area contributed by atoms with Crippen molar-refractivity contribution >= 4 is 18.3 Å². The van der Waals surface area contributed by atoms with Gasteiger partial charge in [-0.2, -0.15) is 0 Å². The highest BCUT2D eigenvalue weighted by Gasteiger charge is 2.27. The van der Waals surface area contributed by atoms with Crippen LogP contribution >= 0.6 is 12.4 Å². The lowest BCUT2D eigenvalue weighted by atomic mass is 10.1. The minimum absolute atomic E-state index is 0. The monoisotopic (exact) mass is 312 g/mol. The van der Waals surface area contributed by atoms with Crippen LogP contribution in [-0.4, -0.2) is 42.6 Å². The highest BCUT2D eigenvalue weighted by Crippen LogP contribution is 2.12. The van der Waals surface area contributed by atoms with E-state index >= 15 is 0 Å². The smallest absolute Gasteiger partial charge is 0.223 e. The highest BCUT2D eigenvalue weighted by molar-refractivity contribution is 5.85. The molecule has 1 aromatic rings. The van der Waals surface area contributed by atoms with Crippen molar-refractivity contribution < 1.29 is 9.53 Å². The number of piperazine rings is 1. The van der Waals surface area contributed by atoms with E-state index in [1.54, 1.807) is 0 Å². The van der Waals surface area contributed by atoms with E-state index in [4.69, 9.17) is 4.74 Å². The molecule has 4 nitrogen and oxygen atoms in total. The van der Waals surface area contributed by atoms with Crippen LogP contribution in [0.1, 0.15) is 26.7 Å². The average molecular weight is 313 g/mol. The second-order valence-electron chi connectivity index (χ2n) is 5.34. The molecule has 21 heavy (non-hydrogen) atoms. The number of hydrogen-bond acceptors (Lipinski definition) is 3. The van der Waals surface area contributed by atoms with Crippen LogP contribution in [0.2, 0.25) is 0 Å². The van der Waals surface area contributed by atoms with Gasteiger partial charge in [-0.1, -0.05) is 18.2 Å². The van der Waals surface area contributed by atoms with Gasteiger partial charge in [-0.05, 0) is 32.4 Å². The number of carbonyl (C=O) groups excluding carboxylic acids is 1. The molecular formula is C16H25ClN2O2. The van der Waals surface area contributed by atoms with Gasteiger partial charge in [0.05, 0.1) is 6.61 Å². The molecule has 1 aliphatic heterocycles. The molecule has 2 rings (SSSR count). The lowest BCUT2D eigenvalue weighted by molar-refractivity contribution is -0.135. The van der Waals surface area contributed by atoms with Crippen LogP contribution in [0.25, 0.3) is 0 Å². The van der Waals surface area contributed by atoms with Crippen molar-refractivity contribution in [2.45, 2.75) is 38.8 Å². The highest BCUT2D eigenvalue weighted by atomic mass is 35.5. The summed E-state index contributed by atoms with van der Waals surface area (Å²) in [4.78, 5) is 14.2. The summed E-state index contributed by atoms with van der Waals surface area (Å²) in [5.74, 6) is 1.10. The fourth-order valence-electron chi connectivity index (χ4n) is 2.48. The van der Waals surface area contributed by atoms with Gasteiger partial charge in [0.2, 0.25) is 5.91 Å². The Morgan fingerprint density at radius 2 is 2.05 bits per heavy atom. The molecule has 1 heterocycles. The zero-order valence-corrected chi connectivity index (χ0v) is 13.6. The van der Waals surface area contributed by atoms with Gasteiger partial charge in [-0.25, -0.2) is 0 Å². The van der Waals surface area contributed by atoms with E-state index in [1.807, 2.05) is 35.2 Å². The lowest BCUT2D eigenvalue weighted by Crippen LogP contribution is -2.57. The Labute approximate surface area is 133 Å². The van der Waals surface area contributed by atoms with Gasteiger partial charge in [0.25, 0.3) is 0 Å². The van der Waals surface area contributed by atoms with Crippen molar-refractivity contribution in [3.63, 3.8) is 0 Å². The third kappa shape index (κ3) is 5.21. The fourth-order valence-corrected chi connectivity index (χ4v) is 2.48. The van der Waals surface area contributed by atoms with Crippen molar-refractivity contribution in [1.82, 2.24) is 10.2 Å². The zero-order valence-electron chi connectivity index (χ0n) is 12.7. The number of amides is 1. The van der Waals surface area contributed by atoms with E-state index in [0.29, 0.717) is 19.1 Å². The van der Waals surface area contributed by atoms with E-state index in [1.165, 1.54) is 0 Å². The molecule has 1 N–H and O–H groups in total. The molecular weight excluding hydrogens is 288 g/mol. The number of ether oxygens (including phenoxy) is 1. The first kappa shape index (κ1) is 17.8. The fraction of sp³-hybridized carbons (Fsp3) is 0.562. The molecule has 0 saturated carbocycles. The van der Waals surface area contributed by atoms with E-state index in [0.717, 1.165) is 25.3 Å². The zero-order chi connectivity index (χ0) is 14.4. The van der Waals surface area contributed by atoms with Crippen molar-refractivity contribution in [3.8, 4) is 5.75 Å². The number of carbonyl (C=O) groups is 1. The average Bonchev–Trinajstić information content (AvgIpc) is 2.47. The van der Waals surface area contributed by atoms with Crippen LogP contribution in [0.4, 0.5) is 0 Å². The van der Waals surface area contributed by atoms with Crippen LogP contribution in [0.15, 0.2) is 30.3 Å². The quantitative estimate of drug-likeness (QED) is 0.849. The number of benzene rings is 1. The minimum Gasteiger partial charge on any atom is -0.494 e. The van der Waals surface area contributed by atoms with E-state index in [9.17, 15) is 4.79 Å². The molecule has 1 aliphatic rings. The van der Waals surface area contributed by atoms with E-state index in [-0.39, 0.29) is 24.4 Å². The van der Waals surface area contributed by atoms with Crippen molar-refractivity contribution in [2.75, 3.05) is 19.7 Å². The number of nitrogens with zero attached hydrogens (tertiary/aromatic N) is 1. The molecule has 0 aromatic heterocycles. The predicted molar refractivity (Wildman–Crippen MR) is 87.1 cm³/mol. The Bertz CT molecular complexity index is 428. The second-order valence-corrected chi connectivity index (χ2v) is 5.34. The number of halogens is 1. The third-order valence-electron chi connectivity index (χ3n) is 3.90. The SMILES string of the molecule is CC1NCCN(C(=O)CCCOc2ccccc2)C1C.Cl. The summed E-state index contributed by atoms with van der Waals surface area (Å²) in [5, 5.41) is 3.39. The molecule has 1 fully saturated rings. The van der Waals surface area contributed by atoms with Gasteiger partial charge in [-0.3, -0.25) is 4.79 Å². The molecule has 2 atom stereocenters. The van der Waals surface area contributed by atoms with Crippen LogP contribution in [0.5, 0.6) is 5.75 Å². The van der Waals surface area contributed by atoms with Crippen molar-refractivity contribution in [2.24, 2.45) is 0 Å². The molecule has 0 bridgehead atoms. The summed E-state index contributed by atoms with van der Waals surface area (Å²) >= 11 is 0. The first-order valence-electron chi connectivity index (χ1n) is 7.39. The summed E-state index contributed by atoms with van der Waals surface area (Å²) < 4.78 is 5.61. The summed E-state index contributed by atoms with van der Waals surface area (Å²) in [7, 11) is 0. The van der Waals surface area contributed by atoms with Gasteiger partial charge < -0.3 is 15.0 Å². The second kappa shape index (κ2) is 8.90. The van der Waals surface area contributed by atoms with Crippen molar-refractivity contribution in [3.05, 3.63) is 30.3 Å². The molecule has 0 spiro atoms.